The lowest BCUT2D eigenvalue weighted by Gasteiger charge is -2.20. The maximum Gasteiger partial charge on any atom is 0.323 e. The Morgan fingerprint density at radius 2 is 1.57 bits per heavy atom. The van der Waals surface area contributed by atoms with Crippen LogP contribution in [0.2, 0.25) is 0 Å². The zero-order chi connectivity index (χ0) is 19.5. The van der Waals surface area contributed by atoms with Crippen molar-refractivity contribution in [2.24, 2.45) is 0 Å². The zero-order valence-electron chi connectivity index (χ0n) is 15.4. The monoisotopic (exact) mass is 376 g/mol. The van der Waals surface area contributed by atoms with Gasteiger partial charge in [0, 0.05) is 28.4 Å². The molecular weight excluding hydrogens is 356 g/mol. The third kappa shape index (κ3) is 3.93. The number of nitrogens with zero attached hydrogens (tertiary/aromatic N) is 2. The van der Waals surface area contributed by atoms with Crippen molar-refractivity contribution in [2.75, 3.05) is 10.6 Å². The number of ketones is 1. The Balaban J connectivity index is 1.36. The van der Waals surface area contributed by atoms with Gasteiger partial charge in [0.1, 0.15) is 0 Å². The van der Waals surface area contributed by atoms with Gasteiger partial charge >= 0.3 is 6.03 Å². The molecular formula is C21H20N4O3. The number of Topliss-reactive ketones (excluding diaryl/α,β-unsaturated/α-hetero) is 1. The van der Waals surface area contributed by atoms with E-state index in [2.05, 4.69) is 20.8 Å². The average Bonchev–Trinajstić information content (AvgIpc) is 3.10. The highest BCUT2D eigenvalue weighted by Gasteiger charge is 2.25. The van der Waals surface area contributed by atoms with Crippen LogP contribution in [0.4, 0.5) is 16.2 Å². The highest BCUT2D eigenvalue weighted by Crippen LogP contribution is 2.36. The number of carbonyl (C=O) groups excluding carboxylic acids is 2. The molecule has 2 N–H and O–H groups in total. The van der Waals surface area contributed by atoms with E-state index in [0.29, 0.717) is 34.6 Å². The number of amides is 2. The Hall–Kier alpha value is -3.48. The van der Waals surface area contributed by atoms with Gasteiger partial charge in [-0.15, -0.1) is 0 Å². The third-order valence-corrected chi connectivity index (χ3v) is 4.85. The smallest absolute Gasteiger partial charge is 0.323 e. The summed E-state index contributed by atoms with van der Waals surface area (Å²) >= 11 is 0. The van der Waals surface area contributed by atoms with Gasteiger partial charge in [-0.25, -0.2) is 4.79 Å². The van der Waals surface area contributed by atoms with Crippen molar-refractivity contribution in [3.63, 3.8) is 0 Å². The van der Waals surface area contributed by atoms with Crippen LogP contribution >= 0.6 is 0 Å². The second-order valence-corrected chi connectivity index (χ2v) is 6.87. The summed E-state index contributed by atoms with van der Waals surface area (Å²) in [5.74, 6) is 1.65. The van der Waals surface area contributed by atoms with Crippen molar-refractivity contribution >= 4 is 23.2 Å². The van der Waals surface area contributed by atoms with E-state index in [0.717, 1.165) is 18.4 Å². The van der Waals surface area contributed by atoms with Crippen LogP contribution in [0.3, 0.4) is 0 Å². The van der Waals surface area contributed by atoms with Gasteiger partial charge < -0.3 is 15.2 Å². The summed E-state index contributed by atoms with van der Waals surface area (Å²) in [4.78, 5) is 27.9. The molecule has 0 saturated heterocycles. The number of anilines is 2. The van der Waals surface area contributed by atoms with Gasteiger partial charge in [-0.1, -0.05) is 11.6 Å². The van der Waals surface area contributed by atoms with Gasteiger partial charge in [0.25, 0.3) is 0 Å². The molecule has 1 aromatic heterocycles. The molecule has 7 nitrogen and oxygen atoms in total. The maximum absolute atomic E-state index is 12.1. The average molecular weight is 376 g/mol. The van der Waals surface area contributed by atoms with Crippen LogP contribution < -0.4 is 10.6 Å². The lowest BCUT2D eigenvalue weighted by Crippen LogP contribution is -2.19. The summed E-state index contributed by atoms with van der Waals surface area (Å²) in [7, 11) is 0. The first-order valence-electron chi connectivity index (χ1n) is 9.21. The Kier molecular flexibility index (Phi) is 4.89. The summed E-state index contributed by atoms with van der Waals surface area (Å²) in [5.41, 5.74) is 2.68. The molecule has 1 heterocycles. The summed E-state index contributed by atoms with van der Waals surface area (Å²) < 4.78 is 5.35. The number of rotatable bonds is 5. The van der Waals surface area contributed by atoms with E-state index >= 15 is 0 Å². The van der Waals surface area contributed by atoms with E-state index in [1.165, 1.54) is 13.3 Å². The number of urea groups is 1. The molecule has 4 rings (SSSR count). The van der Waals surface area contributed by atoms with Crippen LogP contribution in [0.1, 0.15) is 48.4 Å². The van der Waals surface area contributed by atoms with Crippen molar-refractivity contribution in [3.05, 3.63) is 60.0 Å². The minimum Gasteiger partial charge on any atom is -0.339 e. The predicted molar refractivity (Wildman–Crippen MR) is 105 cm³/mol. The number of aromatic nitrogens is 2. The van der Waals surface area contributed by atoms with E-state index in [1.807, 2.05) is 12.1 Å². The van der Waals surface area contributed by atoms with E-state index in [4.69, 9.17) is 4.52 Å². The van der Waals surface area contributed by atoms with E-state index in [-0.39, 0.29) is 11.8 Å². The zero-order valence-corrected chi connectivity index (χ0v) is 15.4. The fourth-order valence-corrected chi connectivity index (χ4v) is 2.96. The second kappa shape index (κ2) is 7.64. The number of hydrogen-bond donors (Lipinski definition) is 2. The molecule has 0 radical (unpaired) electrons. The summed E-state index contributed by atoms with van der Waals surface area (Å²) in [6, 6.07) is 13.6. The van der Waals surface area contributed by atoms with Gasteiger partial charge in [-0.05, 0) is 68.3 Å². The van der Waals surface area contributed by atoms with Crippen molar-refractivity contribution < 1.29 is 14.1 Å². The topological polar surface area (TPSA) is 97.1 Å². The van der Waals surface area contributed by atoms with Crippen LogP contribution in [-0.2, 0) is 0 Å². The fraction of sp³-hybridized carbons (Fsp3) is 0.238. The summed E-state index contributed by atoms with van der Waals surface area (Å²) in [5, 5.41) is 9.54. The molecule has 0 atom stereocenters. The van der Waals surface area contributed by atoms with Crippen LogP contribution in [0, 0.1) is 0 Å². The molecule has 0 bridgehead atoms. The second-order valence-electron chi connectivity index (χ2n) is 6.87. The van der Waals surface area contributed by atoms with Gasteiger partial charge in [0.2, 0.25) is 11.7 Å². The molecule has 0 aliphatic heterocycles. The van der Waals surface area contributed by atoms with Gasteiger partial charge in [0.05, 0.1) is 0 Å². The Labute approximate surface area is 162 Å². The Morgan fingerprint density at radius 1 is 0.964 bits per heavy atom. The fourth-order valence-electron chi connectivity index (χ4n) is 2.96. The molecule has 0 unspecified atom stereocenters. The highest BCUT2D eigenvalue weighted by molar-refractivity contribution is 6.00. The summed E-state index contributed by atoms with van der Waals surface area (Å²) in [6.07, 6.45) is 3.43. The molecule has 2 aromatic carbocycles. The number of nitrogens with one attached hydrogen (secondary N) is 2. The predicted octanol–water partition coefficient (Wildman–Crippen LogP) is 4.85. The van der Waals surface area contributed by atoms with Crippen molar-refractivity contribution in [1.29, 1.82) is 0 Å². The Morgan fingerprint density at radius 3 is 2.11 bits per heavy atom. The molecule has 3 aromatic rings. The molecule has 7 heteroatoms. The van der Waals surface area contributed by atoms with Crippen LogP contribution in [-0.4, -0.2) is 22.0 Å². The molecule has 142 valence electrons. The minimum atomic E-state index is -0.366. The lowest BCUT2D eigenvalue weighted by molar-refractivity contribution is 0.101. The molecule has 0 spiro atoms. The molecule has 28 heavy (non-hydrogen) atoms. The summed E-state index contributed by atoms with van der Waals surface area (Å²) in [6.45, 7) is 1.50. The van der Waals surface area contributed by atoms with Crippen LogP contribution in [0.5, 0.6) is 0 Å². The van der Waals surface area contributed by atoms with Crippen molar-refractivity contribution in [2.45, 2.75) is 32.1 Å². The van der Waals surface area contributed by atoms with Gasteiger partial charge in [-0.2, -0.15) is 4.98 Å². The molecule has 1 saturated carbocycles. The number of hydrogen-bond acceptors (Lipinski definition) is 5. The van der Waals surface area contributed by atoms with Crippen molar-refractivity contribution in [3.8, 4) is 11.4 Å². The van der Waals surface area contributed by atoms with E-state index in [9.17, 15) is 9.59 Å². The van der Waals surface area contributed by atoms with Gasteiger partial charge in [0.15, 0.2) is 5.78 Å². The van der Waals surface area contributed by atoms with E-state index < -0.39 is 0 Å². The highest BCUT2D eigenvalue weighted by atomic mass is 16.5. The first-order valence-corrected chi connectivity index (χ1v) is 9.21. The maximum atomic E-state index is 12.1. The lowest BCUT2D eigenvalue weighted by atomic mass is 9.85. The first kappa shape index (κ1) is 17.9. The number of carbonyl (C=O) groups is 2. The molecule has 1 aliphatic rings. The van der Waals surface area contributed by atoms with Crippen molar-refractivity contribution in [1.82, 2.24) is 10.1 Å². The number of benzene rings is 2. The first-order chi connectivity index (χ1) is 13.6. The molecule has 1 aliphatic carbocycles. The standard InChI is InChI=1S/C21H20N4O3/c1-13(26)14-5-9-17(10-6-14)22-21(27)23-18-11-7-15(8-12-18)19-24-20(28-25-19)16-3-2-4-16/h5-12,16H,2-4H2,1H3,(H2,22,23,27). The largest absolute Gasteiger partial charge is 0.339 e. The normalized spacial score (nSPS) is 13.6. The van der Waals surface area contributed by atoms with E-state index in [1.54, 1.807) is 36.4 Å². The third-order valence-electron chi connectivity index (χ3n) is 4.85. The SMILES string of the molecule is CC(=O)c1ccc(NC(=O)Nc2ccc(-c3noc(C4CCC4)n3)cc2)cc1. The van der Waals surface area contributed by atoms with Crippen LogP contribution in [0.25, 0.3) is 11.4 Å². The molecule has 1 fully saturated rings. The quantitative estimate of drug-likeness (QED) is 0.620. The Bertz CT molecular complexity index is 989. The molecule has 2 amide bonds. The van der Waals surface area contributed by atoms with Gasteiger partial charge in [-0.3, -0.25) is 4.79 Å². The minimum absolute atomic E-state index is 0.0162. The van der Waals surface area contributed by atoms with Crippen LogP contribution in [0.15, 0.2) is 53.1 Å².